The number of thiazole rings is 1. The summed E-state index contributed by atoms with van der Waals surface area (Å²) in [6.07, 6.45) is 4.59. The summed E-state index contributed by atoms with van der Waals surface area (Å²) in [6, 6.07) is 17.4. The molecule has 0 atom stereocenters. The molecule has 0 radical (unpaired) electrons. The van der Waals surface area contributed by atoms with Gasteiger partial charge in [-0.25, -0.2) is 9.67 Å². The fraction of sp³-hybridized carbons (Fsp3) is 0.240. The first-order valence-corrected chi connectivity index (χ1v) is 11.5. The molecule has 0 saturated carbocycles. The van der Waals surface area contributed by atoms with Gasteiger partial charge >= 0.3 is 0 Å². The number of rotatable bonds is 9. The van der Waals surface area contributed by atoms with E-state index in [2.05, 4.69) is 15.7 Å². The van der Waals surface area contributed by atoms with Crippen LogP contribution in [-0.4, -0.2) is 34.3 Å². The fourth-order valence-electron chi connectivity index (χ4n) is 3.51. The number of nitrogens with one attached hydrogen (secondary N) is 1. The van der Waals surface area contributed by atoms with Gasteiger partial charge in [0.25, 0.3) is 5.91 Å². The summed E-state index contributed by atoms with van der Waals surface area (Å²) in [4.78, 5) is 17.6. The van der Waals surface area contributed by atoms with Crippen molar-refractivity contribution < 1.29 is 9.53 Å². The number of hydrogen-bond donors (Lipinski definition) is 1. The maximum absolute atomic E-state index is 13.1. The van der Waals surface area contributed by atoms with Gasteiger partial charge in [0.2, 0.25) is 0 Å². The van der Waals surface area contributed by atoms with E-state index in [1.54, 1.807) is 29.3 Å². The molecular formula is C25H26N4O2S. The zero-order chi connectivity index (χ0) is 22.3. The highest BCUT2D eigenvalue weighted by molar-refractivity contribution is 7.09. The van der Waals surface area contributed by atoms with Crippen molar-refractivity contribution in [1.82, 2.24) is 20.1 Å². The number of carbonyl (C=O) groups excluding carboxylic acids is 1. The molecule has 0 aliphatic carbocycles. The van der Waals surface area contributed by atoms with E-state index in [0.717, 1.165) is 41.2 Å². The van der Waals surface area contributed by atoms with Crippen LogP contribution in [-0.2, 0) is 6.42 Å². The number of carbonyl (C=O) groups is 1. The molecule has 2 aromatic carbocycles. The van der Waals surface area contributed by atoms with Gasteiger partial charge in [0, 0.05) is 29.4 Å². The summed E-state index contributed by atoms with van der Waals surface area (Å²) in [5.41, 5.74) is 3.86. The summed E-state index contributed by atoms with van der Waals surface area (Å²) in [6.45, 7) is 2.61. The van der Waals surface area contributed by atoms with Crippen molar-refractivity contribution in [1.29, 1.82) is 0 Å². The van der Waals surface area contributed by atoms with Crippen molar-refractivity contribution in [3.8, 4) is 22.7 Å². The standard InChI is InChI=1S/C25H26N4O2S/c1-18-17-32-23(27-18)14-8-9-15-26-25(30)21-16-29(19-10-4-3-5-11-19)28-24(21)20-12-6-7-13-22(20)31-2/h3-7,10-13,16-17H,8-9,14-15H2,1-2H3,(H,26,30). The topological polar surface area (TPSA) is 69.0 Å². The average molecular weight is 447 g/mol. The maximum atomic E-state index is 13.1. The normalized spacial score (nSPS) is 10.8. The molecule has 32 heavy (non-hydrogen) atoms. The molecule has 0 saturated heterocycles. The van der Waals surface area contributed by atoms with Crippen LogP contribution in [0.15, 0.2) is 66.2 Å². The predicted octanol–water partition coefficient (Wildman–Crippen LogP) is 5.07. The number of amides is 1. The van der Waals surface area contributed by atoms with Crippen molar-refractivity contribution >= 4 is 17.2 Å². The van der Waals surface area contributed by atoms with Gasteiger partial charge in [0.15, 0.2) is 0 Å². The first-order valence-electron chi connectivity index (χ1n) is 10.6. The zero-order valence-corrected chi connectivity index (χ0v) is 19.1. The van der Waals surface area contributed by atoms with Crippen molar-refractivity contribution in [3.63, 3.8) is 0 Å². The van der Waals surface area contributed by atoms with Crippen molar-refractivity contribution in [2.45, 2.75) is 26.2 Å². The highest BCUT2D eigenvalue weighted by atomic mass is 32.1. The Kier molecular flexibility index (Phi) is 6.97. The van der Waals surface area contributed by atoms with E-state index in [1.807, 2.05) is 61.5 Å². The monoisotopic (exact) mass is 446 g/mol. The van der Waals surface area contributed by atoms with Crippen LogP contribution in [0, 0.1) is 6.92 Å². The fourth-order valence-corrected chi connectivity index (χ4v) is 4.33. The van der Waals surface area contributed by atoms with Gasteiger partial charge in [0.05, 0.1) is 23.4 Å². The number of unbranched alkanes of at least 4 members (excludes halogenated alkanes) is 1. The molecule has 4 aromatic rings. The van der Waals surface area contributed by atoms with E-state index in [-0.39, 0.29) is 5.91 Å². The molecule has 0 aliphatic rings. The number of nitrogens with zero attached hydrogens (tertiary/aromatic N) is 3. The minimum atomic E-state index is -0.141. The number of benzene rings is 2. The van der Waals surface area contributed by atoms with Crippen LogP contribution in [0.5, 0.6) is 5.75 Å². The SMILES string of the molecule is COc1ccccc1-c1nn(-c2ccccc2)cc1C(=O)NCCCCc1nc(C)cs1. The van der Waals surface area contributed by atoms with E-state index in [4.69, 9.17) is 9.84 Å². The molecule has 164 valence electrons. The minimum Gasteiger partial charge on any atom is -0.496 e. The molecule has 2 aromatic heterocycles. The van der Waals surface area contributed by atoms with E-state index in [9.17, 15) is 4.79 Å². The molecule has 1 N–H and O–H groups in total. The summed E-state index contributed by atoms with van der Waals surface area (Å²) >= 11 is 1.69. The average Bonchev–Trinajstić information content (AvgIpc) is 3.46. The van der Waals surface area contributed by atoms with Gasteiger partial charge in [-0.1, -0.05) is 30.3 Å². The van der Waals surface area contributed by atoms with E-state index in [1.165, 1.54) is 0 Å². The number of ether oxygens (including phenoxy) is 1. The summed E-state index contributed by atoms with van der Waals surface area (Å²) in [7, 11) is 1.62. The first-order chi connectivity index (χ1) is 15.7. The second-order valence-corrected chi connectivity index (χ2v) is 8.41. The van der Waals surface area contributed by atoms with Gasteiger partial charge in [-0.2, -0.15) is 5.10 Å². The number of methoxy groups -OCH3 is 1. The van der Waals surface area contributed by atoms with Crippen LogP contribution in [0.1, 0.15) is 33.9 Å². The number of aryl methyl sites for hydroxylation is 2. The first kappa shape index (κ1) is 21.8. The van der Waals surface area contributed by atoms with Gasteiger partial charge in [-0.15, -0.1) is 11.3 Å². The number of para-hydroxylation sites is 2. The van der Waals surface area contributed by atoms with Crippen LogP contribution in [0.25, 0.3) is 16.9 Å². The molecule has 7 heteroatoms. The van der Waals surface area contributed by atoms with Crippen LogP contribution in [0.2, 0.25) is 0 Å². The zero-order valence-electron chi connectivity index (χ0n) is 18.2. The second kappa shape index (κ2) is 10.2. The lowest BCUT2D eigenvalue weighted by Crippen LogP contribution is -2.24. The van der Waals surface area contributed by atoms with Gasteiger partial charge < -0.3 is 10.1 Å². The van der Waals surface area contributed by atoms with Crippen molar-refractivity contribution in [2.75, 3.05) is 13.7 Å². The molecule has 1 amide bonds. The van der Waals surface area contributed by atoms with E-state index >= 15 is 0 Å². The van der Waals surface area contributed by atoms with E-state index in [0.29, 0.717) is 23.6 Å². The summed E-state index contributed by atoms with van der Waals surface area (Å²) in [5.74, 6) is 0.539. The van der Waals surface area contributed by atoms with Crippen molar-refractivity contribution in [3.05, 3.63) is 82.4 Å². The lowest BCUT2D eigenvalue weighted by atomic mass is 10.1. The van der Waals surface area contributed by atoms with Crippen LogP contribution < -0.4 is 10.1 Å². The third kappa shape index (κ3) is 5.06. The maximum Gasteiger partial charge on any atom is 0.255 e. The Labute approximate surface area is 191 Å². The third-order valence-corrected chi connectivity index (χ3v) is 6.14. The van der Waals surface area contributed by atoms with Crippen molar-refractivity contribution in [2.24, 2.45) is 0 Å². The van der Waals surface area contributed by atoms with Crippen LogP contribution >= 0.6 is 11.3 Å². The summed E-state index contributed by atoms with van der Waals surface area (Å²) < 4.78 is 7.26. The van der Waals surface area contributed by atoms with Crippen LogP contribution in [0.4, 0.5) is 0 Å². The molecule has 0 unspecified atom stereocenters. The van der Waals surface area contributed by atoms with Gasteiger partial charge in [-0.05, 0) is 50.5 Å². The molecular weight excluding hydrogens is 420 g/mol. The highest BCUT2D eigenvalue weighted by Crippen LogP contribution is 2.31. The summed E-state index contributed by atoms with van der Waals surface area (Å²) in [5, 5.41) is 11.0. The molecule has 4 rings (SSSR count). The molecule has 0 fully saturated rings. The Morgan fingerprint density at radius 3 is 2.62 bits per heavy atom. The molecule has 2 heterocycles. The smallest absolute Gasteiger partial charge is 0.255 e. The van der Waals surface area contributed by atoms with E-state index < -0.39 is 0 Å². The predicted molar refractivity (Wildman–Crippen MR) is 128 cm³/mol. The lowest BCUT2D eigenvalue weighted by Gasteiger charge is -2.08. The third-order valence-electron chi connectivity index (χ3n) is 5.11. The number of aromatic nitrogens is 3. The Morgan fingerprint density at radius 2 is 1.88 bits per heavy atom. The lowest BCUT2D eigenvalue weighted by molar-refractivity contribution is 0.0953. The Hall–Kier alpha value is -3.45. The molecule has 0 aliphatic heterocycles. The molecule has 6 nitrogen and oxygen atoms in total. The molecule has 0 spiro atoms. The largest absolute Gasteiger partial charge is 0.496 e. The van der Waals surface area contributed by atoms with Gasteiger partial charge in [0.1, 0.15) is 11.4 Å². The molecule has 0 bridgehead atoms. The second-order valence-electron chi connectivity index (χ2n) is 7.47. The highest BCUT2D eigenvalue weighted by Gasteiger charge is 2.20. The Bertz CT molecular complexity index is 1180. The Balaban J connectivity index is 1.50. The number of hydrogen-bond acceptors (Lipinski definition) is 5. The van der Waals surface area contributed by atoms with Gasteiger partial charge in [-0.3, -0.25) is 4.79 Å². The Morgan fingerprint density at radius 1 is 1.09 bits per heavy atom. The quantitative estimate of drug-likeness (QED) is 0.365. The van der Waals surface area contributed by atoms with Crippen LogP contribution in [0.3, 0.4) is 0 Å². The minimum absolute atomic E-state index is 0.141.